The van der Waals surface area contributed by atoms with Crippen molar-refractivity contribution in [1.29, 1.82) is 5.26 Å². The van der Waals surface area contributed by atoms with Crippen molar-refractivity contribution in [3.05, 3.63) is 0 Å². The van der Waals surface area contributed by atoms with Gasteiger partial charge in [0.1, 0.15) is 0 Å². The van der Waals surface area contributed by atoms with Gasteiger partial charge >= 0.3 is 0 Å². The predicted molar refractivity (Wildman–Crippen MR) is 43.8 cm³/mol. The molecule has 0 aromatic carbocycles. The standard InChI is InChI=1S/C8H15N3/c1-6(2)11-4-7(3-9)8(10)5-11/h6-8H,4-5,10H2,1-2H3/t7-,8-/m0/s1. The second-order valence-electron chi connectivity index (χ2n) is 3.45. The summed E-state index contributed by atoms with van der Waals surface area (Å²) in [5.74, 6) is 0.0393. The van der Waals surface area contributed by atoms with Crippen molar-refractivity contribution in [3.8, 4) is 6.07 Å². The highest BCUT2D eigenvalue weighted by atomic mass is 15.2. The van der Waals surface area contributed by atoms with E-state index in [0.717, 1.165) is 13.1 Å². The third kappa shape index (κ3) is 1.70. The van der Waals surface area contributed by atoms with Crippen molar-refractivity contribution in [2.45, 2.75) is 25.9 Å². The number of nitriles is 1. The maximum atomic E-state index is 8.68. The van der Waals surface area contributed by atoms with Gasteiger partial charge in [0.15, 0.2) is 0 Å². The van der Waals surface area contributed by atoms with Crippen molar-refractivity contribution in [2.75, 3.05) is 13.1 Å². The maximum absolute atomic E-state index is 8.68. The summed E-state index contributed by atoms with van der Waals surface area (Å²) in [6, 6.07) is 2.80. The zero-order valence-corrected chi connectivity index (χ0v) is 7.12. The molecule has 62 valence electrons. The number of nitrogens with two attached hydrogens (primary N) is 1. The van der Waals surface area contributed by atoms with E-state index in [1.807, 2.05) is 0 Å². The van der Waals surface area contributed by atoms with E-state index in [1.165, 1.54) is 0 Å². The van der Waals surface area contributed by atoms with E-state index >= 15 is 0 Å². The number of likely N-dealkylation sites (tertiary alicyclic amines) is 1. The minimum atomic E-state index is 0.0393. The smallest absolute Gasteiger partial charge is 0.0753 e. The Kier molecular flexibility index (Phi) is 2.48. The molecule has 0 amide bonds. The summed E-state index contributed by atoms with van der Waals surface area (Å²) < 4.78 is 0. The van der Waals surface area contributed by atoms with Gasteiger partial charge in [0.2, 0.25) is 0 Å². The van der Waals surface area contributed by atoms with Gasteiger partial charge in [-0.2, -0.15) is 5.26 Å². The molecule has 1 fully saturated rings. The van der Waals surface area contributed by atoms with Gasteiger partial charge in [-0.25, -0.2) is 0 Å². The average molecular weight is 153 g/mol. The summed E-state index contributed by atoms with van der Waals surface area (Å²) in [7, 11) is 0. The van der Waals surface area contributed by atoms with E-state index in [4.69, 9.17) is 11.0 Å². The molecule has 0 unspecified atom stereocenters. The molecular weight excluding hydrogens is 138 g/mol. The maximum Gasteiger partial charge on any atom is 0.0753 e. The third-order valence-corrected chi connectivity index (χ3v) is 2.29. The lowest BCUT2D eigenvalue weighted by Gasteiger charge is -2.18. The summed E-state index contributed by atoms with van der Waals surface area (Å²) in [6.45, 7) is 5.98. The molecule has 2 N–H and O–H groups in total. The molecule has 0 saturated carbocycles. The van der Waals surface area contributed by atoms with Crippen LogP contribution in [0.5, 0.6) is 0 Å². The zero-order chi connectivity index (χ0) is 8.43. The first kappa shape index (κ1) is 8.51. The molecule has 0 spiro atoms. The molecule has 2 atom stereocenters. The molecule has 0 bridgehead atoms. The Balaban J connectivity index is 2.51. The van der Waals surface area contributed by atoms with E-state index in [1.54, 1.807) is 0 Å². The summed E-state index contributed by atoms with van der Waals surface area (Å²) in [6.07, 6.45) is 0. The van der Waals surface area contributed by atoms with Crippen molar-refractivity contribution in [1.82, 2.24) is 4.90 Å². The van der Waals surface area contributed by atoms with Crippen LogP contribution in [0.3, 0.4) is 0 Å². The highest BCUT2D eigenvalue weighted by Crippen LogP contribution is 2.16. The van der Waals surface area contributed by atoms with Crippen molar-refractivity contribution in [3.63, 3.8) is 0 Å². The van der Waals surface area contributed by atoms with Crippen LogP contribution >= 0.6 is 0 Å². The summed E-state index contributed by atoms with van der Waals surface area (Å²) >= 11 is 0. The molecular formula is C8H15N3. The Morgan fingerprint density at radius 2 is 2.18 bits per heavy atom. The van der Waals surface area contributed by atoms with Gasteiger partial charge in [0.25, 0.3) is 0 Å². The van der Waals surface area contributed by atoms with Crippen LogP contribution in [0.15, 0.2) is 0 Å². The lowest BCUT2D eigenvalue weighted by Crippen LogP contribution is -2.32. The number of hydrogen-bond acceptors (Lipinski definition) is 3. The third-order valence-electron chi connectivity index (χ3n) is 2.29. The molecule has 0 radical (unpaired) electrons. The van der Waals surface area contributed by atoms with Crippen LogP contribution in [-0.2, 0) is 0 Å². The Morgan fingerprint density at radius 3 is 2.45 bits per heavy atom. The minimum Gasteiger partial charge on any atom is -0.325 e. The van der Waals surface area contributed by atoms with Crippen LogP contribution in [0.25, 0.3) is 0 Å². The minimum absolute atomic E-state index is 0.0393. The SMILES string of the molecule is CC(C)N1C[C@H](N)[C@@H](C#N)C1. The van der Waals surface area contributed by atoms with E-state index in [-0.39, 0.29) is 12.0 Å². The fourth-order valence-electron chi connectivity index (χ4n) is 1.42. The highest BCUT2D eigenvalue weighted by Gasteiger charge is 2.30. The molecule has 3 nitrogen and oxygen atoms in total. The van der Waals surface area contributed by atoms with Crippen LogP contribution in [0, 0.1) is 17.2 Å². The Labute approximate surface area is 67.8 Å². The van der Waals surface area contributed by atoms with E-state index < -0.39 is 0 Å². The largest absolute Gasteiger partial charge is 0.325 e. The number of rotatable bonds is 1. The van der Waals surface area contributed by atoms with E-state index in [2.05, 4.69) is 24.8 Å². The molecule has 0 aliphatic carbocycles. The van der Waals surface area contributed by atoms with Gasteiger partial charge in [0, 0.05) is 25.2 Å². The second-order valence-corrected chi connectivity index (χ2v) is 3.45. The fraction of sp³-hybridized carbons (Fsp3) is 0.875. The summed E-state index contributed by atoms with van der Waals surface area (Å²) in [4.78, 5) is 2.25. The van der Waals surface area contributed by atoms with Crippen molar-refractivity contribution in [2.24, 2.45) is 11.7 Å². The Hall–Kier alpha value is -0.590. The quantitative estimate of drug-likeness (QED) is 0.584. The molecule has 1 saturated heterocycles. The molecule has 1 aliphatic heterocycles. The van der Waals surface area contributed by atoms with E-state index in [0.29, 0.717) is 6.04 Å². The molecule has 1 rings (SSSR count). The molecule has 0 aromatic rings. The summed E-state index contributed by atoms with van der Waals surface area (Å²) in [5.41, 5.74) is 5.75. The van der Waals surface area contributed by atoms with Crippen molar-refractivity contribution >= 4 is 0 Å². The molecule has 3 heteroatoms. The average Bonchev–Trinajstić information content (AvgIpc) is 2.31. The first-order valence-electron chi connectivity index (χ1n) is 4.04. The topological polar surface area (TPSA) is 53.0 Å². The number of nitrogens with zero attached hydrogens (tertiary/aromatic N) is 2. The predicted octanol–water partition coefficient (Wildman–Crippen LogP) is 0.177. The van der Waals surface area contributed by atoms with Crippen LogP contribution < -0.4 is 5.73 Å². The lowest BCUT2D eigenvalue weighted by atomic mass is 10.1. The molecule has 1 aliphatic rings. The van der Waals surface area contributed by atoms with Crippen molar-refractivity contribution < 1.29 is 0 Å². The monoisotopic (exact) mass is 153 g/mol. The molecule has 0 aromatic heterocycles. The fourth-order valence-corrected chi connectivity index (χ4v) is 1.42. The second kappa shape index (κ2) is 3.21. The normalized spacial score (nSPS) is 32.6. The number of hydrogen-bond donors (Lipinski definition) is 1. The van der Waals surface area contributed by atoms with Gasteiger partial charge < -0.3 is 5.73 Å². The highest BCUT2D eigenvalue weighted by molar-refractivity contribution is 4.99. The van der Waals surface area contributed by atoms with E-state index in [9.17, 15) is 0 Å². The lowest BCUT2D eigenvalue weighted by molar-refractivity contribution is 0.269. The Bertz CT molecular complexity index is 171. The van der Waals surface area contributed by atoms with Crippen LogP contribution in [0.2, 0.25) is 0 Å². The molecule has 1 heterocycles. The summed E-state index contributed by atoms with van der Waals surface area (Å²) in [5, 5.41) is 8.68. The van der Waals surface area contributed by atoms with Gasteiger partial charge in [-0.3, -0.25) is 4.90 Å². The zero-order valence-electron chi connectivity index (χ0n) is 7.12. The van der Waals surface area contributed by atoms with Crippen LogP contribution in [-0.4, -0.2) is 30.1 Å². The van der Waals surface area contributed by atoms with Gasteiger partial charge in [-0.05, 0) is 13.8 Å². The Morgan fingerprint density at radius 1 is 1.55 bits per heavy atom. The first-order valence-corrected chi connectivity index (χ1v) is 4.04. The van der Waals surface area contributed by atoms with Gasteiger partial charge in [-0.15, -0.1) is 0 Å². The van der Waals surface area contributed by atoms with Crippen LogP contribution in [0.4, 0.5) is 0 Å². The molecule has 11 heavy (non-hydrogen) atoms. The first-order chi connectivity index (χ1) is 5.15. The van der Waals surface area contributed by atoms with Crippen LogP contribution in [0.1, 0.15) is 13.8 Å². The van der Waals surface area contributed by atoms with Gasteiger partial charge in [-0.1, -0.05) is 0 Å². The van der Waals surface area contributed by atoms with Gasteiger partial charge in [0.05, 0.1) is 12.0 Å².